The van der Waals surface area contributed by atoms with Crippen molar-refractivity contribution in [2.24, 2.45) is 0 Å². The van der Waals surface area contributed by atoms with E-state index in [-0.39, 0.29) is 159 Å². The van der Waals surface area contributed by atoms with E-state index in [2.05, 4.69) is 16.0 Å². The predicted octanol–water partition coefficient (Wildman–Crippen LogP) is -5.23. The number of benzene rings is 4. The van der Waals surface area contributed by atoms with Gasteiger partial charge >= 0.3 is 115 Å². The Bertz CT molecular complexity index is 2390. The van der Waals surface area contributed by atoms with Gasteiger partial charge in [-0.1, -0.05) is 42.5 Å². The fourth-order valence-corrected chi connectivity index (χ4v) is 6.13. The molecule has 58 heavy (non-hydrogen) atoms. The average molecular weight is 864 g/mol. The third-order valence-corrected chi connectivity index (χ3v) is 8.90. The molecule has 1 saturated heterocycles. The molecule has 0 unspecified atom stereocenters. The molecule has 0 radical (unpaired) electrons. The molecule has 3 aromatic carbocycles. The zero-order chi connectivity index (χ0) is 40.3. The number of hydrogen-bond acceptors (Lipinski definition) is 13. The van der Waals surface area contributed by atoms with E-state index in [1.165, 1.54) is 78.9 Å². The van der Waals surface area contributed by atoms with E-state index < -0.39 is 67.4 Å². The summed E-state index contributed by atoms with van der Waals surface area (Å²) < 4.78 is 16.6. The van der Waals surface area contributed by atoms with Gasteiger partial charge < -0.3 is 65.6 Å². The van der Waals surface area contributed by atoms with E-state index in [4.69, 9.17) is 26.1 Å². The van der Waals surface area contributed by atoms with Gasteiger partial charge in [0.2, 0.25) is 18.0 Å². The number of nitrogens with one attached hydrogen (secondary N) is 3. The number of carboxylic acids is 2. The maximum absolute atomic E-state index is 12.7. The van der Waals surface area contributed by atoms with E-state index in [9.17, 15) is 54.9 Å². The molecule has 0 bridgehead atoms. The quantitative estimate of drug-likeness (QED) is 0.0203. The van der Waals surface area contributed by atoms with Gasteiger partial charge in [0.25, 0.3) is 0 Å². The maximum Gasteiger partial charge on any atom is 1.00 e. The standard InChI is InChI=1S/C38H33N3O14S.2K/c42-19-4-1-17(2-5-19)11-28(36(51)52)54-37-34(48)33(47)32(46)29(55-37)15-39-30(45)16-40-38(56)41-18-3-8-22(25(12-18)35(49)50)31-23-9-6-20(43)13-26(23)53-27-14-21(44)7-10-24(27)31;;/h1-14,29,32-34,37,42-43,46-48H,15-16H2,(H,39,45)(H,49,50)(H,51,52)(H2,40,41,56);;/q;2*+1/p-2/b28-11+;;/t29-,32+,33+,34-,37-;;/m1../s1. The number of anilines is 1. The molecule has 0 aromatic heterocycles. The van der Waals surface area contributed by atoms with Gasteiger partial charge in [0.15, 0.2) is 10.5 Å². The maximum atomic E-state index is 12.7. The number of hydrogen-bond donors (Lipinski definition) is 8. The molecule has 3 aromatic rings. The topological polar surface area (TPSA) is 283 Å². The number of amides is 1. The Morgan fingerprint density at radius 2 is 1.52 bits per heavy atom. The number of rotatable bonds is 11. The minimum absolute atomic E-state index is 0. The van der Waals surface area contributed by atoms with E-state index in [1.807, 2.05) is 0 Å². The first-order chi connectivity index (χ1) is 26.7. The van der Waals surface area contributed by atoms with Crippen LogP contribution in [-0.2, 0) is 19.1 Å². The zero-order valence-corrected chi connectivity index (χ0v) is 37.8. The molecule has 2 heterocycles. The van der Waals surface area contributed by atoms with Crippen LogP contribution in [0, 0.1) is 0 Å². The monoisotopic (exact) mass is 863 g/mol. The molecule has 17 nitrogen and oxygen atoms in total. The molecule has 290 valence electrons. The number of aliphatic hydroxyl groups is 3. The van der Waals surface area contributed by atoms with Crippen LogP contribution in [0.25, 0.3) is 39.5 Å². The first kappa shape index (κ1) is 47.4. The summed E-state index contributed by atoms with van der Waals surface area (Å²) in [5.74, 6) is -4.73. The molecule has 2 aliphatic heterocycles. The predicted molar refractivity (Wildman–Crippen MR) is 197 cm³/mol. The Morgan fingerprint density at radius 3 is 2.21 bits per heavy atom. The van der Waals surface area contributed by atoms with Crippen LogP contribution < -0.4 is 134 Å². The second-order valence-electron chi connectivity index (χ2n) is 12.5. The van der Waals surface area contributed by atoms with Gasteiger partial charge in [-0.2, -0.15) is 0 Å². The van der Waals surface area contributed by atoms with E-state index in [1.54, 1.807) is 0 Å². The summed E-state index contributed by atoms with van der Waals surface area (Å²) in [5, 5.41) is 82.9. The summed E-state index contributed by atoms with van der Waals surface area (Å²) >= 11 is 5.29. The minimum atomic E-state index is -1.88. The smallest absolute Gasteiger partial charge is 0.872 e. The first-order valence-electron chi connectivity index (χ1n) is 16.6. The van der Waals surface area contributed by atoms with Crippen LogP contribution in [0.5, 0.6) is 11.5 Å². The molecule has 8 N–H and O–H groups in total. The van der Waals surface area contributed by atoms with Gasteiger partial charge in [0.1, 0.15) is 35.8 Å². The Hall–Kier alpha value is -3.30. The van der Waals surface area contributed by atoms with Gasteiger partial charge in [-0.25, -0.2) is 9.59 Å². The molecule has 6 rings (SSSR count). The van der Waals surface area contributed by atoms with Crippen molar-refractivity contribution in [3.05, 3.63) is 106 Å². The molecule has 5 atom stereocenters. The van der Waals surface area contributed by atoms with Crippen LogP contribution in [0.4, 0.5) is 5.69 Å². The third-order valence-electron chi connectivity index (χ3n) is 8.65. The minimum Gasteiger partial charge on any atom is -0.872 e. The van der Waals surface area contributed by atoms with Gasteiger partial charge in [-0.3, -0.25) is 9.59 Å². The summed E-state index contributed by atoms with van der Waals surface area (Å²) in [5.41, 5.74) is 1.27. The van der Waals surface area contributed by atoms with Crippen LogP contribution >= 0.6 is 12.2 Å². The molecule has 20 heteroatoms. The number of carboxylic acid groups (broad SMARTS) is 2. The molecule has 0 saturated carbocycles. The fourth-order valence-electron chi connectivity index (χ4n) is 5.94. The second kappa shape index (κ2) is 20.8. The van der Waals surface area contributed by atoms with Crippen LogP contribution in [-0.4, -0.2) is 92.3 Å². The van der Waals surface area contributed by atoms with Crippen molar-refractivity contribution >= 4 is 57.9 Å². The largest absolute Gasteiger partial charge is 1.00 e. The van der Waals surface area contributed by atoms with Crippen molar-refractivity contribution in [1.82, 2.24) is 10.6 Å². The Balaban J connectivity index is 0.00000372. The number of aliphatic hydroxyl groups excluding tert-OH is 3. The summed E-state index contributed by atoms with van der Waals surface area (Å²) in [6.45, 7) is -0.846. The molecule has 1 fully saturated rings. The number of thiocarbonyl (C=S) groups is 1. The SMILES string of the molecule is O=C(CNC(=S)Nc1ccc(-c2c3ccc(=O)cc-3oc3cc([O-])ccc23)c(C(=O)O)c1)NC[C@H]1O[C@@H](O/C(=C/c2ccc([O-])cc2)C(=O)O)[C@H](O)[C@@H](O)[C@H]1O.[K+].[K+]. The van der Waals surface area contributed by atoms with Crippen LogP contribution in [0.3, 0.4) is 0 Å². The van der Waals surface area contributed by atoms with Crippen LogP contribution in [0.1, 0.15) is 15.9 Å². The summed E-state index contributed by atoms with van der Waals surface area (Å²) in [6, 6.07) is 17.6. The van der Waals surface area contributed by atoms with Crippen molar-refractivity contribution < 1.29 is 167 Å². The number of carbonyl (C=O) groups excluding carboxylic acids is 1. The number of aliphatic carboxylic acids is 1. The van der Waals surface area contributed by atoms with Crippen molar-refractivity contribution in [3.8, 4) is 33.9 Å². The van der Waals surface area contributed by atoms with E-state index in [0.29, 0.717) is 16.5 Å². The van der Waals surface area contributed by atoms with Crippen LogP contribution in [0.15, 0.2) is 93.8 Å². The summed E-state index contributed by atoms with van der Waals surface area (Å²) in [4.78, 5) is 49.1. The first-order valence-corrected chi connectivity index (χ1v) is 17.0. The fraction of sp³-hybridized carbons (Fsp3) is 0.184. The summed E-state index contributed by atoms with van der Waals surface area (Å²) in [7, 11) is 0. The van der Waals surface area contributed by atoms with Gasteiger partial charge in [0.05, 0.1) is 12.1 Å². The number of fused-ring (bicyclic) bond motifs is 2. The molecule has 0 spiro atoms. The van der Waals surface area contributed by atoms with E-state index in [0.717, 1.165) is 6.08 Å². The Morgan fingerprint density at radius 1 is 0.828 bits per heavy atom. The summed E-state index contributed by atoms with van der Waals surface area (Å²) in [6.07, 6.45) is -7.54. The second-order valence-corrected chi connectivity index (χ2v) is 12.9. The Labute approximate surface area is 418 Å². The molecular weight excluding hydrogens is 833 g/mol. The number of aromatic carboxylic acids is 1. The molecule has 3 aliphatic rings. The van der Waals surface area contributed by atoms with Crippen molar-refractivity contribution in [3.63, 3.8) is 0 Å². The van der Waals surface area contributed by atoms with Crippen molar-refractivity contribution in [2.75, 3.05) is 18.4 Å². The normalized spacial score (nSPS) is 18.9. The van der Waals surface area contributed by atoms with Crippen molar-refractivity contribution in [1.29, 1.82) is 0 Å². The van der Waals surface area contributed by atoms with E-state index >= 15 is 0 Å². The van der Waals surface area contributed by atoms with Gasteiger partial charge in [0, 0.05) is 34.8 Å². The average Bonchev–Trinajstić information content (AvgIpc) is 3.16. The zero-order valence-electron chi connectivity index (χ0n) is 30.7. The molecule has 1 amide bonds. The van der Waals surface area contributed by atoms with Gasteiger partial charge in [-0.05, 0) is 59.8 Å². The molecule has 1 aliphatic carbocycles. The number of carbonyl (C=O) groups is 3. The Kier molecular flexibility index (Phi) is 17.0. The third kappa shape index (κ3) is 11.3. The molecular formula is C38H31K2N3O14S. The number of ether oxygens (including phenoxy) is 2. The van der Waals surface area contributed by atoms with Crippen molar-refractivity contribution in [2.45, 2.75) is 30.7 Å². The van der Waals surface area contributed by atoms with Crippen LogP contribution in [0.2, 0.25) is 0 Å². The van der Waals surface area contributed by atoms with Gasteiger partial charge in [-0.15, -0.1) is 11.5 Å².